The van der Waals surface area contributed by atoms with Gasteiger partial charge in [-0.1, -0.05) is 206 Å². The van der Waals surface area contributed by atoms with E-state index >= 15 is 0 Å². The van der Waals surface area contributed by atoms with Crippen LogP contribution in [0.15, 0.2) is 231 Å². The highest BCUT2D eigenvalue weighted by Crippen LogP contribution is 2.47. The summed E-state index contributed by atoms with van der Waals surface area (Å²) in [5.74, 6) is 1.40. The summed E-state index contributed by atoms with van der Waals surface area (Å²) in [5, 5.41) is 4.21. The fourth-order valence-electron chi connectivity index (χ4n) is 8.99. The van der Waals surface area contributed by atoms with E-state index in [-0.39, 0.29) is 13.6 Å². The Morgan fingerprint density at radius 1 is 0.338 bits per heavy atom. The molecule has 10 aromatic carbocycles. The molecule has 330 valence electrons. The Morgan fingerprint density at radius 2 is 0.662 bits per heavy atom. The number of methoxy groups -OCH3 is 2. The van der Waals surface area contributed by atoms with Gasteiger partial charge in [0.25, 0.3) is 0 Å². The summed E-state index contributed by atoms with van der Waals surface area (Å²) in [6.45, 7) is 0.195. The van der Waals surface area contributed by atoms with Gasteiger partial charge in [0.05, 0.1) is 0 Å². The van der Waals surface area contributed by atoms with E-state index in [4.69, 9.17) is 18.9 Å². The second kappa shape index (κ2) is 20.5. The van der Waals surface area contributed by atoms with Crippen LogP contribution in [0, 0.1) is 0 Å². The van der Waals surface area contributed by atoms with Crippen LogP contribution >= 0.6 is 0 Å². The van der Waals surface area contributed by atoms with Gasteiger partial charge < -0.3 is 18.9 Å². The Labute approximate surface area is 398 Å². The van der Waals surface area contributed by atoms with E-state index < -0.39 is 0 Å². The zero-order valence-corrected chi connectivity index (χ0v) is 38.1. The average molecular weight is 883 g/mol. The van der Waals surface area contributed by atoms with Crippen LogP contribution in [0.5, 0.6) is 11.5 Å². The molecule has 0 aliphatic carbocycles. The van der Waals surface area contributed by atoms with Gasteiger partial charge in [-0.3, -0.25) is 0 Å². The summed E-state index contributed by atoms with van der Waals surface area (Å²) in [6, 6.07) is 81.4. The summed E-state index contributed by atoms with van der Waals surface area (Å²) in [5.41, 5.74) is 15.7. The van der Waals surface area contributed by atoms with E-state index in [1.807, 2.05) is 12.1 Å². The third-order valence-electron chi connectivity index (χ3n) is 12.3. The zero-order valence-electron chi connectivity index (χ0n) is 38.1. The van der Waals surface area contributed by atoms with Crippen LogP contribution in [0.3, 0.4) is 0 Å². The van der Waals surface area contributed by atoms with E-state index in [9.17, 15) is 0 Å². The number of benzene rings is 10. The molecule has 4 nitrogen and oxygen atoms in total. The highest BCUT2D eigenvalue weighted by molar-refractivity contribution is 6.11. The molecule has 0 saturated heterocycles. The van der Waals surface area contributed by atoms with Gasteiger partial charge in [0, 0.05) is 25.3 Å². The quantitative estimate of drug-likeness (QED) is 0.0759. The minimum atomic E-state index is 0.0974. The second-order valence-corrected chi connectivity index (χ2v) is 16.7. The van der Waals surface area contributed by atoms with Crippen LogP contribution in [-0.2, 0) is 9.47 Å². The lowest BCUT2D eigenvalue weighted by Gasteiger charge is -2.20. The summed E-state index contributed by atoms with van der Waals surface area (Å²) >= 11 is 0. The van der Waals surface area contributed by atoms with Crippen LogP contribution in [0.2, 0.25) is 0 Å². The van der Waals surface area contributed by atoms with Crippen LogP contribution in [0.25, 0.3) is 78.2 Å². The minimum Gasteiger partial charge on any atom is -0.467 e. The van der Waals surface area contributed by atoms with Gasteiger partial charge in [0.15, 0.2) is 13.6 Å². The van der Waals surface area contributed by atoms with Crippen LogP contribution < -0.4 is 9.47 Å². The molecule has 68 heavy (non-hydrogen) atoms. The third kappa shape index (κ3) is 9.51. The van der Waals surface area contributed by atoms with Crippen molar-refractivity contribution in [2.24, 2.45) is 0 Å². The first kappa shape index (κ1) is 43.6. The van der Waals surface area contributed by atoms with Gasteiger partial charge in [-0.25, -0.2) is 0 Å². The smallest absolute Gasteiger partial charge is 0.188 e. The van der Waals surface area contributed by atoms with E-state index in [1.54, 1.807) is 14.2 Å². The van der Waals surface area contributed by atoms with Crippen molar-refractivity contribution in [3.63, 3.8) is 0 Å². The first-order valence-electron chi connectivity index (χ1n) is 22.9. The molecular formula is C64H50O4. The number of ether oxygens (including phenoxy) is 4. The van der Waals surface area contributed by atoms with Crippen molar-refractivity contribution in [3.8, 4) is 44.9 Å². The number of hydrogen-bond donors (Lipinski definition) is 0. The molecule has 10 rings (SSSR count). The molecule has 0 aliphatic rings. The molecule has 0 aliphatic heterocycles. The summed E-state index contributed by atoms with van der Waals surface area (Å²) in [4.78, 5) is 0. The Morgan fingerprint density at radius 3 is 0.985 bits per heavy atom. The van der Waals surface area contributed by atoms with Gasteiger partial charge in [-0.05, 0) is 125 Å². The first-order valence-corrected chi connectivity index (χ1v) is 22.9. The van der Waals surface area contributed by atoms with Gasteiger partial charge in [-0.2, -0.15) is 0 Å². The molecule has 0 amide bonds. The lowest BCUT2D eigenvalue weighted by atomic mass is 9.89. The van der Waals surface area contributed by atoms with Gasteiger partial charge in [0.1, 0.15) is 11.5 Å². The lowest BCUT2D eigenvalue weighted by Crippen LogP contribution is -2.04. The molecule has 0 bridgehead atoms. The standard InChI is InChI=1S/C64H50O4/c1-65-43-67-61-37-33-55-41-53(47-27-23-45(24-28-47)39-59(49-15-7-3-8-16-49)50-17-9-4-10-18-50)31-35-57(55)63(61)64-58-36-32-54(42-56(58)34-38-62(64)68-44-66-2)48-29-25-46(26-30-48)40-60(51-19-11-5-12-20-51)52-21-13-6-14-22-52/h3-42H,43-44H2,1-2H3. The van der Waals surface area contributed by atoms with Crippen LogP contribution in [-0.4, -0.2) is 27.8 Å². The average Bonchev–Trinajstić information content (AvgIpc) is 3.41. The Bertz CT molecular complexity index is 3050. The SMILES string of the molecule is COCOc1ccc2cc(-c3ccc(C=C(c4ccccc4)c4ccccc4)cc3)ccc2c1-c1c(OCOC)ccc2cc(-c3ccc(C=C(c4ccccc4)c4ccccc4)cc3)ccc12. The third-order valence-corrected chi connectivity index (χ3v) is 12.3. The van der Waals surface area contributed by atoms with Crippen molar-refractivity contribution in [1.29, 1.82) is 0 Å². The Balaban J connectivity index is 1.01. The van der Waals surface area contributed by atoms with Crippen molar-refractivity contribution in [2.45, 2.75) is 0 Å². The number of hydrogen-bond acceptors (Lipinski definition) is 4. The molecule has 0 unspecified atom stereocenters. The normalized spacial score (nSPS) is 11.0. The highest BCUT2D eigenvalue weighted by Gasteiger charge is 2.21. The second-order valence-electron chi connectivity index (χ2n) is 16.7. The van der Waals surface area contributed by atoms with E-state index in [1.165, 1.54) is 33.4 Å². The number of fused-ring (bicyclic) bond motifs is 2. The fourth-order valence-corrected chi connectivity index (χ4v) is 8.99. The Hall–Kier alpha value is -8.28. The van der Waals surface area contributed by atoms with Crippen molar-refractivity contribution in [3.05, 3.63) is 264 Å². The van der Waals surface area contributed by atoms with Crippen molar-refractivity contribution < 1.29 is 18.9 Å². The minimum absolute atomic E-state index is 0.0974. The Kier molecular flexibility index (Phi) is 13.1. The van der Waals surface area contributed by atoms with Gasteiger partial charge >= 0.3 is 0 Å². The predicted molar refractivity (Wildman–Crippen MR) is 282 cm³/mol. The molecule has 10 aromatic rings. The van der Waals surface area contributed by atoms with Crippen molar-refractivity contribution >= 4 is 44.8 Å². The van der Waals surface area contributed by atoms with Crippen LogP contribution in [0.4, 0.5) is 0 Å². The molecule has 0 spiro atoms. The maximum atomic E-state index is 6.35. The first-order chi connectivity index (χ1) is 33.6. The lowest BCUT2D eigenvalue weighted by molar-refractivity contribution is 0.0502. The molecule has 0 radical (unpaired) electrons. The monoisotopic (exact) mass is 882 g/mol. The van der Waals surface area contributed by atoms with Crippen molar-refractivity contribution in [2.75, 3.05) is 27.8 Å². The van der Waals surface area contributed by atoms with Gasteiger partial charge in [0.2, 0.25) is 0 Å². The maximum absolute atomic E-state index is 6.35. The van der Waals surface area contributed by atoms with Crippen molar-refractivity contribution in [1.82, 2.24) is 0 Å². The van der Waals surface area contributed by atoms with E-state index in [0.717, 1.165) is 66.1 Å². The molecule has 0 aromatic heterocycles. The van der Waals surface area contributed by atoms with Gasteiger partial charge in [-0.15, -0.1) is 0 Å². The predicted octanol–water partition coefficient (Wildman–Crippen LogP) is 16.1. The highest BCUT2D eigenvalue weighted by atomic mass is 16.7. The topological polar surface area (TPSA) is 36.9 Å². The molecule has 0 heterocycles. The molecule has 0 saturated carbocycles. The zero-order chi connectivity index (χ0) is 46.1. The summed E-state index contributed by atoms with van der Waals surface area (Å²) < 4.78 is 23.6. The van der Waals surface area contributed by atoms with E-state index in [0.29, 0.717) is 11.5 Å². The molecule has 4 heteroatoms. The largest absolute Gasteiger partial charge is 0.467 e. The molecular weight excluding hydrogens is 833 g/mol. The van der Waals surface area contributed by atoms with E-state index in [2.05, 4.69) is 231 Å². The number of rotatable bonds is 15. The van der Waals surface area contributed by atoms with Crippen LogP contribution in [0.1, 0.15) is 33.4 Å². The molecule has 0 fully saturated rings. The molecule has 0 atom stereocenters. The summed E-state index contributed by atoms with van der Waals surface area (Å²) in [6.07, 6.45) is 4.53. The fraction of sp³-hybridized carbons (Fsp3) is 0.0625. The molecule has 0 N–H and O–H groups in total. The maximum Gasteiger partial charge on any atom is 0.188 e. The summed E-state index contributed by atoms with van der Waals surface area (Å²) in [7, 11) is 3.28.